The van der Waals surface area contributed by atoms with Crippen LogP contribution in [0.25, 0.3) is 0 Å². The normalized spacial score (nSPS) is 17.6. The highest BCUT2D eigenvalue weighted by Crippen LogP contribution is 2.28. The van der Waals surface area contributed by atoms with Gasteiger partial charge in [0.2, 0.25) is 0 Å². The molecule has 2 atom stereocenters. The van der Waals surface area contributed by atoms with E-state index in [9.17, 15) is 0 Å². The monoisotopic (exact) mass is 386 g/mol. The highest BCUT2D eigenvalue weighted by Gasteiger charge is 2.44. The molecule has 0 amide bonds. The quantitative estimate of drug-likeness (QED) is 0.385. The van der Waals surface area contributed by atoms with Gasteiger partial charge in [0.05, 0.1) is 12.2 Å². The lowest BCUT2D eigenvalue weighted by atomic mass is 9.97. The molecule has 0 bridgehead atoms. The Hall–Kier alpha value is -0.206. The van der Waals surface area contributed by atoms with E-state index in [1.165, 1.54) is 0 Å². The molecule has 148 valence electrons. The molecule has 0 aromatic heterocycles. The first-order chi connectivity index (χ1) is 11.3. The molecular formula is C20H42O3Si2. The van der Waals surface area contributed by atoms with E-state index in [1.807, 2.05) is 11.4 Å². The molecular weight excluding hydrogens is 344 g/mol. The molecule has 25 heavy (non-hydrogen) atoms. The minimum atomic E-state index is -2.58. The van der Waals surface area contributed by atoms with Crippen LogP contribution in [0.5, 0.6) is 0 Å². The second-order valence-electron chi connectivity index (χ2n) is 8.68. The Morgan fingerprint density at radius 1 is 0.600 bits per heavy atom. The summed E-state index contributed by atoms with van der Waals surface area (Å²) in [6, 6.07) is 0. The molecule has 0 aliphatic carbocycles. The van der Waals surface area contributed by atoms with Gasteiger partial charge in [-0.15, -0.1) is 13.2 Å². The van der Waals surface area contributed by atoms with E-state index in [-0.39, 0.29) is 12.2 Å². The second kappa shape index (κ2) is 10.2. The van der Waals surface area contributed by atoms with Crippen LogP contribution < -0.4 is 0 Å². The molecule has 0 aromatic carbocycles. The van der Waals surface area contributed by atoms with Crippen molar-refractivity contribution in [1.29, 1.82) is 0 Å². The van der Waals surface area contributed by atoms with Gasteiger partial charge >= 0.3 is 17.1 Å². The van der Waals surface area contributed by atoms with Gasteiger partial charge in [-0.05, 0) is 36.8 Å². The van der Waals surface area contributed by atoms with E-state index >= 15 is 0 Å². The summed E-state index contributed by atoms with van der Waals surface area (Å²) in [4.78, 5) is 0. The van der Waals surface area contributed by atoms with Gasteiger partial charge in [-0.2, -0.15) is 0 Å². The molecule has 0 N–H and O–H groups in total. The van der Waals surface area contributed by atoms with Crippen LogP contribution in [0.4, 0.5) is 0 Å². The second-order valence-corrected chi connectivity index (χ2v) is 14.9. The summed E-state index contributed by atoms with van der Waals surface area (Å²) in [5, 5.41) is 0. The lowest BCUT2D eigenvalue weighted by Gasteiger charge is -2.40. The molecule has 3 nitrogen and oxygen atoms in total. The summed E-state index contributed by atoms with van der Waals surface area (Å²) in [6.45, 7) is 29.7. The summed E-state index contributed by atoms with van der Waals surface area (Å²) in [5.41, 5.74) is 3.76. The molecule has 0 aromatic rings. The number of rotatable bonds is 12. The summed E-state index contributed by atoms with van der Waals surface area (Å²) < 4.78 is 19.6. The molecule has 0 radical (unpaired) electrons. The van der Waals surface area contributed by atoms with E-state index in [0.717, 1.165) is 0 Å². The third-order valence-electron chi connectivity index (χ3n) is 4.52. The van der Waals surface area contributed by atoms with Crippen molar-refractivity contribution in [3.63, 3.8) is 0 Å². The highest BCUT2D eigenvalue weighted by atomic mass is 28.5. The van der Waals surface area contributed by atoms with Gasteiger partial charge in [0, 0.05) is 0 Å². The first-order valence-electron chi connectivity index (χ1n) is 9.63. The average molecular weight is 387 g/mol. The molecule has 0 fully saturated rings. The molecule has 0 saturated heterocycles. The highest BCUT2D eigenvalue weighted by molar-refractivity contribution is 6.84. The zero-order valence-corrected chi connectivity index (χ0v) is 20.3. The van der Waals surface area contributed by atoms with Crippen molar-refractivity contribution in [3.8, 4) is 0 Å². The topological polar surface area (TPSA) is 27.7 Å². The Morgan fingerprint density at radius 3 is 1.00 bits per heavy atom. The van der Waals surface area contributed by atoms with E-state index < -0.39 is 17.1 Å². The predicted molar refractivity (Wildman–Crippen MR) is 114 cm³/mol. The van der Waals surface area contributed by atoms with E-state index in [1.54, 1.807) is 0 Å². The standard InChI is InChI=1S/C20H42O3Si2/c1-13-24(11,21-19(15(3)4)16(5)6)23-25(12,14-2)22-20(17(7)8)18(9)10/h13-20H,1-2H2,3-12H3. The first kappa shape index (κ1) is 24.8. The molecule has 5 heteroatoms. The lowest BCUT2D eigenvalue weighted by Crippen LogP contribution is -2.55. The fourth-order valence-corrected chi connectivity index (χ4v) is 9.89. The minimum Gasteiger partial charge on any atom is -0.409 e. The van der Waals surface area contributed by atoms with Crippen LogP contribution in [0.3, 0.4) is 0 Å². The molecule has 0 aliphatic rings. The zero-order chi connectivity index (χ0) is 20.0. The van der Waals surface area contributed by atoms with Crippen LogP contribution in [-0.4, -0.2) is 29.3 Å². The fourth-order valence-electron chi connectivity index (χ4n) is 3.25. The van der Waals surface area contributed by atoms with Gasteiger partial charge in [0.15, 0.2) is 0 Å². The molecule has 2 unspecified atom stereocenters. The SMILES string of the molecule is C=C[Si](C)(OC(C(C)C)C(C)C)O[Si](C)(C=C)OC(C(C)C)C(C)C. The predicted octanol–water partition coefficient (Wildman–Crippen LogP) is 5.99. The summed E-state index contributed by atoms with van der Waals surface area (Å²) in [5.74, 6) is 1.69. The van der Waals surface area contributed by atoms with E-state index in [4.69, 9.17) is 13.0 Å². The number of hydrogen-bond donors (Lipinski definition) is 0. The van der Waals surface area contributed by atoms with Gasteiger partial charge in [0.1, 0.15) is 0 Å². The maximum absolute atomic E-state index is 6.58. The average Bonchev–Trinajstić information content (AvgIpc) is 2.49. The Balaban J connectivity index is 5.44. The van der Waals surface area contributed by atoms with Crippen molar-refractivity contribution >= 4 is 17.1 Å². The van der Waals surface area contributed by atoms with Gasteiger partial charge in [0.25, 0.3) is 0 Å². The third kappa shape index (κ3) is 7.91. The maximum atomic E-state index is 6.58. The van der Waals surface area contributed by atoms with Crippen molar-refractivity contribution in [2.75, 3.05) is 0 Å². The van der Waals surface area contributed by atoms with Gasteiger partial charge in [-0.25, -0.2) is 0 Å². The van der Waals surface area contributed by atoms with Crippen molar-refractivity contribution in [1.82, 2.24) is 0 Å². The van der Waals surface area contributed by atoms with Crippen molar-refractivity contribution < 1.29 is 13.0 Å². The molecule has 0 saturated carbocycles. The third-order valence-corrected chi connectivity index (χ3v) is 10.7. The zero-order valence-electron chi connectivity index (χ0n) is 18.3. The molecule has 0 spiro atoms. The summed E-state index contributed by atoms with van der Waals surface area (Å²) in [7, 11) is -5.15. The molecule has 0 aliphatic heterocycles. The van der Waals surface area contributed by atoms with Gasteiger partial charge < -0.3 is 13.0 Å². The Morgan fingerprint density at radius 2 is 0.840 bits per heavy atom. The van der Waals surface area contributed by atoms with Crippen LogP contribution in [0, 0.1) is 23.7 Å². The van der Waals surface area contributed by atoms with Crippen molar-refractivity contribution in [2.45, 2.75) is 80.7 Å². The first-order valence-corrected chi connectivity index (χ1v) is 14.4. The Bertz CT molecular complexity index is 369. The van der Waals surface area contributed by atoms with Crippen LogP contribution >= 0.6 is 0 Å². The fraction of sp³-hybridized carbons (Fsp3) is 0.800. The number of hydrogen-bond acceptors (Lipinski definition) is 3. The Kier molecular flexibility index (Phi) is 10.1. The van der Waals surface area contributed by atoms with Crippen molar-refractivity contribution in [2.24, 2.45) is 23.7 Å². The minimum absolute atomic E-state index is 0.142. The smallest absolute Gasteiger partial charge is 0.352 e. The summed E-state index contributed by atoms with van der Waals surface area (Å²) in [6.07, 6.45) is 0.285. The lowest BCUT2D eigenvalue weighted by molar-refractivity contribution is 0.0513. The van der Waals surface area contributed by atoms with Crippen LogP contribution in [0.1, 0.15) is 55.4 Å². The largest absolute Gasteiger partial charge is 0.409 e. The van der Waals surface area contributed by atoms with Crippen molar-refractivity contribution in [3.05, 3.63) is 24.6 Å². The van der Waals surface area contributed by atoms with Crippen LogP contribution in [-0.2, 0) is 13.0 Å². The maximum Gasteiger partial charge on any atom is 0.352 e. The van der Waals surface area contributed by atoms with Crippen LogP contribution in [0.2, 0.25) is 13.1 Å². The van der Waals surface area contributed by atoms with Crippen LogP contribution in [0.15, 0.2) is 24.6 Å². The Labute approximate surface area is 159 Å². The van der Waals surface area contributed by atoms with E-state index in [0.29, 0.717) is 23.7 Å². The summed E-state index contributed by atoms with van der Waals surface area (Å²) >= 11 is 0. The van der Waals surface area contributed by atoms with Gasteiger partial charge in [-0.1, -0.05) is 66.8 Å². The van der Waals surface area contributed by atoms with E-state index in [2.05, 4.69) is 81.6 Å². The molecule has 0 rings (SSSR count). The van der Waals surface area contributed by atoms with Gasteiger partial charge in [-0.3, -0.25) is 0 Å². The molecule has 0 heterocycles.